The second kappa shape index (κ2) is 5.68. The van der Waals surface area contributed by atoms with E-state index < -0.39 is 0 Å². The molecule has 2 saturated carbocycles. The summed E-state index contributed by atoms with van der Waals surface area (Å²) in [6, 6.07) is 1.56. The molecule has 0 heterocycles. The summed E-state index contributed by atoms with van der Waals surface area (Å²) in [4.78, 5) is 2.50. The summed E-state index contributed by atoms with van der Waals surface area (Å²) in [5.41, 5.74) is 0.361. The topological polar surface area (TPSA) is 35.5 Å². The minimum Gasteiger partial charge on any atom is -0.395 e. The van der Waals surface area contributed by atoms with Crippen molar-refractivity contribution in [2.75, 3.05) is 26.2 Å². The number of aliphatic hydroxyl groups excluding tert-OH is 1. The van der Waals surface area contributed by atoms with Crippen LogP contribution in [0, 0.1) is 5.41 Å². The lowest BCUT2D eigenvalue weighted by Gasteiger charge is -2.35. The smallest absolute Gasteiger partial charge is 0.0558 e. The fourth-order valence-corrected chi connectivity index (χ4v) is 2.42. The predicted octanol–water partition coefficient (Wildman–Crippen LogP) is 1.61. The van der Waals surface area contributed by atoms with Gasteiger partial charge in [0.15, 0.2) is 0 Å². The van der Waals surface area contributed by atoms with Crippen molar-refractivity contribution < 1.29 is 5.11 Å². The van der Waals surface area contributed by atoms with Gasteiger partial charge in [0, 0.05) is 31.7 Å². The molecular formula is C14H28N2O. The Labute approximate surface area is 106 Å². The molecule has 2 fully saturated rings. The molecule has 1 unspecified atom stereocenters. The van der Waals surface area contributed by atoms with Crippen LogP contribution in [0.2, 0.25) is 0 Å². The standard InChI is InChI=1S/C14H28N2O/c1-3-14(2,10-15-12-4-5-12)11-16(8-9-17)13-6-7-13/h12-13,15,17H,3-11H2,1-2H3. The van der Waals surface area contributed by atoms with Gasteiger partial charge in [0.05, 0.1) is 6.61 Å². The Kier molecular flexibility index (Phi) is 4.45. The van der Waals surface area contributed by atoms with Crippen LogP contribution in [-0.2, 0) is 0 Å². The van der Waals surface area contributed by atoms with Gasteiger partial charge < -0.3 is 10.4 Å². The van der Waals surface area contributed by atoms with E-state index in [1.165, 1.54) is 32.1 Å². The number of nitrogens with one attached hydrogen (secondary N) is 1. The molecule has 17 heavy (non-hydrogen) atoms. The van der Waals surface area contributed by atoms with E-state index in [4.69, 9.17) is 5.11 Å². The van der Waals surface area contributed by atoms with Gasteiger partial charge in [-0.25, -0.2) is 0 Å². The monoisotopic (exact) mass is 240 g/mol. The molecule has 0 bridgehead atoms. The fraction of sp³-hybridized carbons (Fsp3) is 1.00. The van der Waals surface area contributed by atoms with Crippen LogP contribution in [0.4, 0.5) is 0 Å². The van der Waals surface area contributed by atoms with E-state index in [-0.39, 0.29) is 0 Å². The third-order valence-corrected chi connectivity index (χ3v) is 4.28. The molecule has 0 saturated heterocycles. The van der Waals surface area contributed by atoms with E-state index in [0.717, 1.165) is 31.7 Å². The van der Waals surface area contributed by atoms with Crippen molar-refractivity contribution in [2.24, 2.45) is 5.41 Å². The quantitative estimate of drug-likeness (QED) is 0.643. The van der Waals surface area contributed by atoms with Gasteiger partial charge in [-0.3, -0.25) is 4.90 Å². The van der Waals surface area contributed by atoms with E-state index in [1.54, 1.807) is 0 Å². The summed E-state index contributed by atoms with van der Waals surface area (Å²) in [6.45, 7) is 8.08. The van der Waals surface area contributed by atoms with E-state index in [0.29, 0.717) is 12.0 Å². The number of aliphatic hydroxyl groups is 1. The molecule has 0 aromatic heterocycles. The molecule has 2 N–H and O–H groups in total. The maximum Gasteiger partial charge on any atom is 0.0558 e. The zero-order chi connectivity index (χ0) is 12.3. The highest BCUT2D eigenvalue weighted by atomic mass is 16.3. The van der Waals surface area contributed by atoms with Gasteiger partial charge in [0.2, 0.25) is 0 Å². The molecule has 0 spiro atoms. The zero-order valence-corrected chi connectivity index (χ0v) is 11.4. The van der Waals surface area contributed by atoms with E-state index in [2.05, 4.69) is 24.1 Å². The van der Waals surface area contributed by atoms with Crippen LogP contribution in [-0.4, -0.2) is 48.3 Å². The third kappa shape index (κ3) is 4.23. The van der Waals surface area contributed by atoms with Crippen LogP contribution in [0.5, 0.6) is 0 Å². The molecule has 0 aliphatic heterocycles. The maximum atomic E-state index is 9.15. The first kappa shape index (κ1) is 13.3. The largest absolute Gasteiger partial charge is 0.395 e. The highest BCUT2D eigenvalue weighted by Crippen LogP contribution is 2.32. The molecule has 0 radical (unpaired) electrons. The molecule has 100 valence electrons. The van der Waals surface area contributed by atoms with Gasteiger partial charge in [0.1, 0.15) is 0 Å². The second-order valence-electron chi connectivity index (χ2n) is 6.24. The molecule has 0 aromatic rings. The zero-order valence-electron chi connectivity index (χ0n) is 11.4. The summed E-state index contributed by atoms with van der Waals surface area (Å²) >= 11 is 0. The molecule has 0 aromatic carbocycles. The Bertz CT molecular complexity index is 238. The predicted molar refractivity (Wildman–Crippen MR) is 71.1 cm³/mol. The Morgan fingerprint density at radius 2 is 2.00 bits per heavy atom. The van der Waals surface area contributed by atoms with E-state index >= 15 is 0 Å². The molecule has 3 heteroatoms. The number of rotatable bonds is 9. The van der Waals surface area contributed by atoms with Gasteiger partial charge in [-0.05, 0) is 37.5 Å². The number of nitrogens with zero attached hydrogens (tertiary/aromatic N) is 1. The minimum absolute atomic E-state index is 0.298. The summed E-state index contributed by atoms with van der Waals surface area (Å²) < 4.78 is 0. The van der Waals surface area contributed by atoms with Gasteiger partial charge in [-0.1, -0.05) is 13.8 Å². The van der Waals surface area contributed by atoms with Gasteiger partial charge in [0.25, 0.3) is 0 Å². The second-order valence-corrected chi connectivity index (χ2v) is 6.24. The lowest BCUT2D eigenvalue weighted by atomic mass is 9.86. The summed E-state index contributed by atoms with van der Waals surface area (Å²) in [6.07, 6.45) is 6.60. The van der Waals surface area contributed by atoms with Gasteiger partial charge in [-0.2, -0.15) is 0 Å². The molecule has 2 aliphatic carbocycles. The molecule has 2 aliphatic rings. The van der Waals surface area contributed by atoms with E-state index in [9.17, 15) is 0 Å². The first-order chi connectivity index (χ1) is 8.17. The number of hydrogen-bond acceptors (Lipinski definition) is 3. The average Bonchev–Trinajstić information content (AvgIpc) is 3.19. The summed E-state index contributed by atoms with van der Waals surface area (Å²) in [7, 11) is 0. The molecule has 3 nitrogen and oxygen atoms in total. The van der Waals surface area contributed by atoms with Crippen molar-refractivity contribution in [3.63, 3.8) is 0 Å². The molecular weight excluding hydrogens is 212 g/mol. The first-order valence-electron chi connectivity index (χ1n) is 7.25. The maximum absolute atomic E-state index is 9.15. The Hall–Kier alpha value is -0.120. The normalized spacial score (nSPS) is 24.0. The molecule has 1 atom stereocenters. The van der Waals surface area contributed by atoms with Crippen molar-refractivity contribution in [2.45, 2.75) is 58.0 Å². The summed E-state index contributed by atoms with van der Waals surface area (Å²) in [5.74, 6) is 0. The fourth-order valence-electron chi connectivity index (χ4n) is 2.42. The highest BCUT2D eigenvalue weighted by molar-refractivity contribution is 4.91. The van der Waals surface area contributed by atoms with Crippen LogP contribution in [0.25, 0.3) is 0 Å². The van der Waals surface area contributed by atoms with Crippen LogP contribution < -0.4 is 5.32 Å². The third-order valence-electron chi connectivity index (χ3n) is 4.28. The van der Waals surface area contributed by atoms with E-state index in [1.807, 2.05) is 0 Å². The van der Waals surface area contributed by atoms with Crippen molar-refractivity contribution in [3.05, 3.63) is 0 Å². The molecule has 0 amide bonds. The SMILES string of the molecule is CCC(C)(CNC1CC1)CN(CCO)C1CC1. The lowest BCUT2D eigenvalue weighted by Crippen LogP contribution is -2.44. The van der Waals surface area contributed by atoms with Crippen LogP contribution >= 0.6 is 0 Å². The van der Waals surface area contributed by atoms with Gasteiger partial charge in [-0.15, -0.1) is 0 Å². The van der Waals surface area contributed by atoms with Crippen molar-refractivity contribution in [3.8, 4) is 0 Å². The minimum atomic E-state index is 0.298. The summed E-state index contributed by atoms with van der Waals surface area (Å²) in [5, 5.41) is 12.8. The van der Waals surface area contributed by atoms with Crippen LogP contribution in [0.3, 0.4) is 0 Å². The molecule has 2 rings (SSSR count). The van der Waals surface area contributed by atoms with Crippen LogP contribution in [0.1, 0.15) is 46.0 Å². The first-order valence-corrected chi connectivity index (χ1v) is 7.25. The Morgan fingerprint density at radius 1 is 1.29 bits per heavy atom. The lowest BCUT2D eigenvalue weighted by molar-refractivity contribution is 0.122. The Balaban J connectivity index is 1.81. The highest BCUT2D eigenvalue weighted by Gasteiger charge is 2.34. The van der Waals surface area contributed by atoms with Gasteiger partial charge >= 0.3 is 0 Å². The van der Waals surface area contributed by atoms with Crippen molar-refractivity contribution in [1.82, 2.24) is 10.2 Å². The average molecular weight is 240 g/mol. The number of hydrogen-bond donors (Lipinski definition) is 2. The van der Waals surface area contributed by atoms with Crippen molar-refractivity contribution >= 4 is 0 Å². The van der Waals surface area contributed by atoms with Crippen molar-refractivity contribution in [1.29, 1.82) is 0 Å². The van der Waals surface area contributed by atoms with Crippen LogP contribution in [0.15, 0.2) is 0 Å². The Morgan fingerprint density at radius 3 is 2.47 bits per heavy atom.